The monoisotopic (exact) mass is 319 g/mol. The first kappa shape index (κ1) is 18.0. The Hall–Kier alpha value is -1.00. The molecule has 1 rings (SSSR count). The zero-order valence-electron chi connectivity index (χ0n) is 9.82. The van der Waals surface area contributed by atoms with Gasteiger partial charge in [-0.1, -0.05) is 0 Å². The van der Waals surface area contributed by atoms with E-state index in [2.05, 4.69) is 15.4 Å². The number of H-pyrrole nitrogens is 1. The highest BCUT2D eigenvalue weighted by molar-refractivity contribution is 7.98. The predicted molar refractivity (Wildman–Crippen MR) is 68.2 cm³/mol. The second-order valence-corrected chi connectivity index (χ2v) is 4.37. The van der Waals surface area contributed by atoms with Gasteiger partial charge in [0.25, 0.3) is 0 Å². The van der Waals surface area contributed by atoms with Crippen LogP contribution < -0.4 is 11.1 Å². The third kappa shape index (κ3) is 5.66. The van der Waals surface area contributed by atoms with Crippen LogP contribution in [0.25, 0.3) is 0 Å². The van der Waals surface area contributed by atoms with E-state index in [0.29, 0.717) is 12.2 Å². The van der Waals surface area contributed by atoms with Crippen molar-refractivity contribution in [2.75, 3.05) is 17.3 Å². The largest absolute Gasteiger partial charge is 0.451 e. The van der Waals surface area contributed by atoms with Crippen LogP contribution >= 0.6 is 24.2 Å². The smallest absolute Gasteiger partial charge is 0.320 e. The number of alkyl halides is 3. The normalized spacial score (nSPS) is 12.7. The van der Waals surface area contributed by atoms with Gasteiger partial charge in [0.05, 0.1) is 6.04 Å². The van der Waals surface area contributed by atoms with E-state index in [0.717, 1.165) is 0 Å². The number of anilines is 1. The highest BCUT2D eigenvalue weighted by atomic mass is 35.5. The van der Waals surface area contributed by atoms with Crippen LogP contribution in [0, 0.1) is 0 Å². The molecule has 0 aliphatic heterocycles. The van der Waals surface area contributed by atoms with E-state index in [-0.39, 0.29) is 12.4 Å². The Morgan fingerprint density at radius 3 is 2.68 bits per heavy atom. The SMILES string of the molecule is CSCCC(N)C(=O)Nc1n[nH]c(C(F)(F)F)n1.Cl. The lowest BCUT2D eigenvalue weighted by Crippen LogP contribution is -2.36. The fourth-order valence-electron chi connectivity index (χ4n) is 1.02. The van der Waals surface area contributed by atoms with Gasteiger partial charge in [-0.15, -0.1) is 17.5 Å². The summed E-state index contributed by atoms with van der Waals surface area (Å²) in [6, 6.07) is -0.801. The molecule has 0 bridgehead atoms. The summed E-state index contributed by atoms with van der Waals surface area (Å²) in [5, 5.41) is 7.04. The minimum atomic E-state index is -4.63. The number of aromatic nitrogens is 3. The highest BCUT2D eigenvalue weighted by Gasteiger charge is 2.35. The van der Waals surface area contributed by atoms with E-state index < -0.39 is 29.9 Å². The molecule has 1 atom stereocenters. The number of nitrogens with two attached hydrogens (primary N) is 1. The number of nitrogens with zero attached hydrogens (tertiary/aromatic N) is 2. The lowest BCUT2D eigenvalue weighted by Gasteiger charge is -2.08. The van der Waals surface area contributed by atoms with E-state index in [1.807, 2.05) is 6.26 Å². The Labute approximate surface area is 117 Å². The number of carbonyl (C=O) groups excluding carboxylic acids is 1. The van der Waals surface area contributed by atoms with Gasteiger partial charge in [0.1, 0.15) is 0 Å². The molecule has 0 aliphatic carbocycles. The predicted octanol–water partition coefficient (Wildman–Crippen LogP) is 1.26. The summed E-state index contributed by atoms with van der Waals surface area (Å²) in [7, 11) is 0. The number of hydrogen-bond acceptors (Lipinski definition) is 5. The second kappa shape index (κ2) is 7.56. The topological polar surface area (TPSA) is 96.7 Å². The van der Waals surface area contributed by atoms with Gasteiger partial charge < -0.3 is 5.73 Å². The fourth-order valence-corrected chi connectivity index (χ4v) is 1.51. The molecule has 1 aromatic heterocycles. The minimum Gasteiger partial charge on any atom is -0.320 e. The summed E-state index contributed by atoms with van der Waals surface area (Å²) in [6.45, 7) is 0. The highest BCUT2D eigenvalue weighted by Crippen LogP contribution is 2.26. The van der Waals surface area contributed by atoms with E-state index in [4.69, 9.17) is 5.73 Å². The average molecular weight is 320 g/mol. The molecule has 6 nitrogen and oxygen atoms in total. The van der Waals surface area contributed by atoms with E-state index in [9.17, 15) is 18.0 Å². The van der Waals surface area contributed by atoms with E-state index in [1.165, 1.54) is 11.8 Å². The van der Waals surface area contributed by atoms with Gasteiger partial charge >= 0.3 is 6.18 Å². The molecule has 1 unspecified atom stereocenters. The number of aromatic amines is 1. The molecule has 1 heterocycles. The molecule has 1 amide bonds. The Kier molecular flexibility index (Phi) is 7.16. The zero-order chi connectivity index (χ0) is 13.8. The van der Waals surface area contributed by atoms with Gasteiger partial charge in [0.15, 0.2) is 0 Å². The molecule has 0 saturated heterocycles. The summed E-state index contributed by atoms with van der Waals surface area (Å²) < 4.78 is 36.6. The number of thioether (sulfide) groups is 1. The van der Waals surface area contributed by atoms with Crippen molar-refractivity contribution in [2.24, 2.45) is 5.73 Å². The van der Waals surface area contributed by atoms with E-state index in [1.54, 1.807) is 5.10 Å². The van der Waals surface area contributed by atoms with Crippen LogP contribution in [-0.4, -0.2) is 39.1 Å². The molecule has 1 aromatic rings. The molecular formula is C8H13ClF3N5OS. The second-order valence-electron chi connectivity index (χ2n) is 3.38. The van der Waals surface area contributed by atoms with E-state index >= 15 is 0 Å². The summed E-state index contributed by atoms with van der Waals surface area (Å²) in [4.78, 5) is 14.6. The molecule has 19 heavy (non-hydrogen) atoms. The van der Waals surface area contributed by atoms with Crippen molar-refractivity contribution in [3.63, 3.8) is 0 Å². The lowest BCUT2D eigenvalue weighted by molar-refractivity contribution is -0.144. The van der Waals surface area contributed by atoms with Crippen LogP contribution in [0.4, 0.5) is 19.1 Å². The van der Waals surface area contributed by atoms with Gasteiger partial charge in [-0.2, -0.15) is 29.9 Å². The maximum absolute atomic E-state index is 12.2. The van der Waals surface area contributed by atoms with Crippen molar-refractivity contribution in [3.8, 4) is 0 Å². The maximum atomic E-state index is 12.2. The zero-order valence-corrected chi connectivity index (χ0v) is 11.5. The summed E-state index contributed by atoms with van der Waals surface area (Å²) in [5.41, 5.74) is 5.53. The van der Waals surface area contributed by atoms with Gasteiger partial charge in [-0.3, -0.25) is 15.2 Å². The Morgan fingerprint density at radius 1 is 1.58 bits per heavy atom. The standard InChI is InChI=1S/C8H12F3N5OS.ClH/c1-18-3-2-4(12)5(17)13-7-14-6(15-16-7)8(9,10)11;/h4H,2-3,12H2,1H3,(H2,13,14,15,16,17);1H. The lowest BCUT2D eigenvalue weighted by atomic mass is 10.2. The molecule has 4 N–H and O–H groups in total. The van der Waals surface area contributed by atoms with Gasteiger partial charge in [-0.05, 0) is 18.4 Å². The Balaban J connectivity index is 0.00000324. The first-order valence-electron chi connectivity index (χ1n) is 4.89. The third-order valence-electron chi connectivity index (χ3n) is 1.96. The molecule has 0 saturated carbocycles. The van der Waals surface area contributed by atoms with Crippen molar-refractivity contribution >= 4 is 36.0 Å². The number of carbonyl (C=O) groups is 1. The van der Waals surface area contributed by atoms with Gasteiger partial charge in [0.2, 0.25) is 17.7 Å². The first-order chi connectivity index (χ1) is 8.34. The molecule has 0 radical (unpaired) electrons. The van der Waals surface area contributed by atoms with Crippen LogP contribution in [0.3, 0.4) is 0 Å². The first-order valence-corrected chi connectivity index (χ1v) is 6.29. The van der Waals surface area contributed by atoms with Crippen LogP contribution in [0.2, 0.25) is 0 Å². The fraction of sp³-hybridized carbons (Fsp3) is 0.625. The van der Waals surface area contributed by atoms with Crippen LogP contribution in [0.1, 0.15) is 12.2 Å². The quantitative estimate of drug-likeness (QED) is 0.759. The van der Waals surface area contributed by atoms with Crippen molar-refractivity contribution in [1.29, 1.82) is 0 Å². The maximum Gasteiger partial charge on any atom is 0.451 e. The van der Waals surface area contributed by atoms with Crippen molar-refractivity contribution in [1.82, 2.24) is 15.2 Å². The molecule has 0 fully saturated rings. The van der Waals surface area contributed by atoms with Gasteiger partial charge in [-0.25, -0.2) is 0 Å². The molecule has 0 aromatic carbocycles. The number of nitrogens with one attached hydrogen (secondary N) is 2. The molecule has 0 aliphatic rings. The Bertz CT molecular complexity index is 413. The van der Waals surface area contributed by atoms with Crippen LogP contribution in [0.5, 0.6) is 0 Å². The molecule has 110 valence electrons. The van der Waals surface area contributed by atoms with Crippen LogP contribution in [0.15, 0.2) is 0 Å². The Morgan fingerprint density at radius 2 is 2.21 bits per heavy atom. The number of halogens is 4. The molecule has 0 spiro atoms. The van der Waals surface area contributed by atoms with Gasteiger partial charge in [0, 0.05) is 0 Å². The summed E-state index contributed by atoms with van der Waals surface area (Å²) >= 11 is 1.51. The summed E-state index contributed by atoms with van der Waals surface area (Å²) in [5.74, 6) is -1.64. The number of rotatable bonds is 5. The van der Waals surface area contributed by atoms with Crippen molar-refractivity contribution in [2.45, 2.75) is 18.6 Å². The van der Waals surface area contributed by atoms with Crippen molar-refractivity contribution in [3.05, 3.63) is 5.82 Å². The third-order valence-corrected chi connectivity index (χ3v) is 2.60. The summed E-state index contributed by atoms with van der Waals surface area (Å²) in [6.07, 6.45) is -2.35. The molecular weight excluding hydrogens is 307 g/mol. The van der Waals surface area contributed by atoms with Crippen LogP contribution in [-0.2, 0) is 11.0 Å². The molecule has 11 heteroatoms. The van der Waals surface area contributed by atoms with Crippen molar-refractivity contribution < 1.29 is 18.0 Å². The number of hydrogen-bond donors (Lipinski definition) is 3. The number of amides is 1. The minimum absolute atomic E-state index is 0. The average Bonchev–Trinajstić information content (AvgIpc) is 2.73.